The van der Waals surface area contributed by atoms with Gasteiger partial charge in [-0.15, -0.1) is 0 Å². The summed E-state index contributed by atoms with van der Waals surface area (Å²) >= 11 is 0. The summed E-state index contributed by atoms with van der Waals surface area (Å²) in [4.78, 5) is 25.8. The molecule has 0 bridgehead atoms. The molecule has 0 saturated carbocycles. The first-order chi connectivity index (χ1) is 10.3. The smallest absolute Gasteiger partial charge is 0.325 e. The number of hydrogen-bond acceptors (Lipinski definition) is 5. The van der Waals surface area contributed by atoms with Crippen LogP contribution in [0.5, 0.6) is 5.75 Å². The first-order valence-electron chi connectivity index (χ1n) is 6.39. The van der Waals surface area contributed by atoms with Gasteiger partial charge in [0.2, 0.25) is 0 Å². The van der Waals surface area contributed by atoms with Gasteiger partial charge in [0.15, 0.2) is 4.90 Å². The number of hydrogen-bond donors (Lipinski definition) is 3. The second kappa shape index (κ2) is 6.06. The standard InChI is InChI=1S/C13H15N3O5S/c1-8(2)21-10-5-3-9(4-6-10)16-22(19,20)11-7-14-13(18)15-12(11)17/h3-8,16H,1-2H3,(H2,14,15,17,18). The molecule has 0 fully saturated rings. The fourth-order valence-electron chi connectivity index (χ4n) is 1.68. The summed E-state index contributed by atoms with van der Waals surface area (Å²) in [5.41, 5.74) is -1.50. The topological polar surface area (TPSA) is 121 Å². The molecule has 3 N–H and O–H groups in total. The quantitative estimate of drug-likeness (QED) is 0.745. The van der Waals surface area contributed by atoms with Crippen LogP contribution in [0.4, 0.5) is 5.69 Å². The van der Waals surface area contributed by atoms with Gasteiger partial charge in [-0.3, -0.25) is 14.5 Å². The Hall–Kier alpha value is -2.55. The Kier molecular flexibility index (Phi) is 4.36. The van der Waals surface area contributed by atoms with Gasteiger partial charge in [0, 0.05) is 11.9 Å². The van der Waals surface area contributed by atoms with E-state index in [-0.39, 0.29) is 11.8 Å². The molecule has 0 aliphatic rings. The van der Waals surface area contributed by atoms with Crippen LogP contribution in [0.1, 0.15) is 13.8 Å². The van der Waals surface area contributed by atoms with Crippen LogP contribution >= 0.6 is 0 Å². The number of benzene rings is 1. The molecule has 8 nitrogen and oxygen atoms in total. The molecule has 1 aromatic heterocycles. The lowest BCUT2D eigenvalue weighted by molar-refractivity contribution is 0.242. The van der Waals surface area contributed by atoms with Crippen molar-refractivity contribution in [3.8, 4) is 5.75 Å². The van der Waals surface area contributed by atoms with Gasteiger partial charge < -0.3 is 9.72 Å². The summed E-state index contributed by atoms with van der Waals surface area (Å²) in [6, 6.07) is 6.23. The lowest BCUT2D eigenvalue weighted by Gasteiger charge is -2.11. The van der Waals surface area contributed by atoms with Crippen molar-refractivity contribution in [1.29, 1.82) is 0 Å². The van der Waals surface area contributed by atoms with Crippen LogP contribution in [0.15, 0.2) is 44.9 Å². The van der Waals surface area contributed by atoms with E-state index in [4.69, 9.17) is 4.74 Å². The summed E-state index contributed by atoms with van der Waals surface area (Å²) in [6.45, 7) is 3.75. The highest BCUT2D eigenvalue weighted by molar-refractivity contribution is 7.92. The van der Waals surface area contributed by atoms with Crippen molar-refractivity contribution in [1.82, 2.24) is 9.97 Å². The molecule has 2 rings (SSSR count). The summed E-state index contributed by atoms with van der Waals surface area (Å²) in [5, 5.41) is 0. The van der Waals surface area contributed by atoms with Crippen molar-refractivity contribution in [2.75, 3.05) is 4.72 Å². The van der Waals surface area contributed by atoms with Crippen LogP contribution in [0.25, 0.3) is 0 Å². The number of aromatic amines is 2. The van der Waals surface area contributed by atoms with E-state index in [0.29, 0.717) is 5.75 Å². The second-order valence-corrected chi connectivity index (χ2v) is 6.38. The maximum absolute atomic E-state index is 12.1. The summed E-state index contributed by atoms with van der Waals surface area (Å²) in [7, 11) is -4.10. The van der Waals surface area contributed by atoms with E-state index in [1.165, 1.54) is 12.1 Å². The molecule has 1 aromatic carbocycles. The molecular weight excluding hydrogens is 310 g/mol. The Labute approximate surface area is 126 Å². The molecular formula is C13H15N3O5S. The third kappa shape index (κ3) is 3.76. The first kappa shape index (κ1) is 15.8. The van der Waals surface area contributed by atoms with E-state index in [0.717, 1.165) is 6.20 Å². The van der Waals surface area contributed by atoms with Crippen molar-refractivity contribution in [3.63, 3.8) is 0 Å². The average Bonchev–Trinajstić information content (AvgIpc) is 2.39. The van der Waals surface area contributed by atoms with Crippen molar-refractivity contribution in [2.24, 2.45) is 0 Å². The van der Waals surface area contributed by atoms with Crippen LogP contribution < -0.4 is 20.7 Å². The number of anilines is 1. The molecule has 118 valence electrons. The first-order valence-corrected chi connectivity index (χ1v) is 7.88. The molecule has 0 saturated heterocycles. The Balaban J connectivity index is 2.25. The van der Waals surface area contributed by atoms with Gasteiger partial charge in [0.25, 0.3) is 15.6 Å². The van der Waals surface area contributed by atoms with Gasteiger partial charge in [-0.25, -0.2) is 13.2 Å². The predicted molar refractivity (Wildman–Crippen MR) is 80.7 cm³/mol. The zero-order valence-corrected chi connectivity index (χ0v) is 12.7. The van der Waals surface area contributed by atoms with Crippen molar-refractivity contribution in [3.05, 3.63) is 51.3 Å². The number of H-pyrrole nitrogens is 2. The highest BCUT2D eigenvalue weighted by Crippen LogP contribution is 2.18. The molecule has 0 atom stereocenters. The van der Waals surface area contributed by atoms with Crippen molar-refractivity contribution >= 4 is 15.7 Å². The number of sulfonamides is 1. The zero-order valence-electron chi connectivity index (χ0n) is 11.9. The van der Waals surface area contributed by atoms with E-state index in [9.17, 15) is 18.0 Å². The van der Waals surface area contributed by atoms with E-state index in [1.54, 1.807) is 12.1 Å². The van der Waals surface area contributed by atoms with Gasteiger partial charge in [-0.05, 0) is 38.1 Å². The second-order valence-electron chi connectivity index (χ2n) is 4.73. The van der Waals surface area contributed by atoms with E-state index >= 15 is 0 Å². The largest absolute Gasteiger partial charge is 0.491 e. The van der Waals surface area contributed by atoms with Crippen molar-refractivity contribution < 1.29 is 13.2 Å². The molecule has 0 radical (unpaired) electrons. The minimum Gasteiger partial charge on any atom is -0.491 e. The van der Waals surface area contributed by atoms with Gasteiger partial charge >= 0.3 is 5.69 Å². The average molecular weight is 325 g/mol. The van der Waals surface area contributed by atoms with Crippen LogP contribution in [0.3, 0.4) is 0 Å². The lowest BCUT2D eigenvalue weighted by atomic mass is 10.3. The minimum absolute atomic E-state index is 0.00208. The highest BCUT2D eigenvalue weighted by Gasteiger charge is 2.18. The molecule has 1 heterocycles. The maximum Gasteiger partial charge on any atom is 0.325 e. The Morgan fingerprint density at radius 1 is 1.14 bits per heavy atom. The summed E-state index contributed by atoms with van der Waals surface area (Å²) in [6.07, 6.45) is 0.849. The highest BCUT2D eigenvalue weighted by atomic mass is 32.2. The van der Waals surface area contributed by atoms with Crippen LogP contribution in [-0.4, -0.2) is 24.5 Å². The van der Waals surface area contributed by atoms with E-state index in [2.05, 4.69) is 9.71 Å². The minimum atomic E-state index is -4.10. The molecule has 0 amide bonds. The Bertz CT molecular complexity index is 866. The Morgan fingerprint density at radius 3 is 2.32 bits per heavy atom. The molecule has 0 spiro atoms. The molecule has 0 aliphatic heterocycles. The molecule has 9 heteroatoms. The predicted octanol–water partition coefficient (Wildman–Crippen LogP) is 0.651. The van der Waals surface area contributed by atoms with Gasteiger partial charge in [0.05, 0.1) is 6.10 Å². The van der Waals surface area contributed by atoms with Crippen LogP contribution in [0, 0.1) is 0 Å². The van der Waals surface area contributed by atoms with Crippen molar-refractivity contribution in [2.45, 2.75) is 24.8 Å². The normalized spacial score (nSPS) is 11.4. The van der Waals surface area contributed by atoms with E-state index < -0.39 is 26.2 Å². The molecule has 2 aromatic rings. The zero-order chi connectivity index (χ0) is 16.3. The van der Waals surface area contributed by atoms with Crippen LogP contribution in [0.2, 0.25) is 0 Å². The fraction of sp³-hybridized carbons (Fsp3) is 0.231. The fourth-order valence-corrected chi connectivity index (χ4v) is 2.75. The Morgan fingerprint density at radius 2 is 1.77 bits per heavy atom. The number of rotatable bonds is 5. The summed E-state index contributed by atoms with van der Waals surface area (Å²) < 4.78 is 31.9. The van der Waals surface area contributed by atoms with Crippen LogP contribution in [-0.2, 0) is 10.0 Å². The number of ether oxygens (including phenoxy) is 1. The molecule has 22 heavy (non-hydrogen) atoms. The third-order valence-electron chi connectivity index (χ3n) is 2.55. The molecule has 0 unspecified atom stereocenters. The van der Waals surface area contributed by atoms with E-state index in [1.807, 2.05) is 18.8 Å². The number of nitrogens with one attached hydrogen (secondary N) is 3. The number of aromatic nitrogens is 2. The van der Waals surface area contributed by atoms with Gasteiger partial charge in [-0.2, -0.15) is 0 Å². The maximum atomic E-state index is 12.1. The summed E-state index contributed by atoms with van der Waals surface area (Å²) in [5.74, 6) is 0.597. The lowest BCUT2D eigenvalue weighted by Crippen LogP contribution is -2.29. The van der Waals surface area contributed by atoms with Gasteiger partial charge in [0.1, 0.15) is 5.75 Å². The molecule has 0 aliphatic carbocycles. The SMILES string of the molecule is CC(C)Oc1ccc(NS(=O)(=O)c2c[nH]c(=O)[nH]c2=O)cc1. The monoisotopic (exact) mass is 325 g/mol. The van der Waals surface area contributed by atoms with Gasteiger partial charge in [-0.1, -0.05) is 0 Å². The third-order valence-corrected chi connectivity index (χ3v) is 3.94.